The van der Waals surface area contributed by atoms with E-state index in [2.05, 4.69) is 31.7 Å². The summed E-state index contributed by atoms with van der Waals surface area (Å²) >= 11 is 1.39. The zero-order chi connectivity index (χ0) is 24.2. The van der Waals surface area contributed by atoms with Crippen molar-refractivity contribution >= 4 is 45.4 Å². The zero-order valence-corrected chi connectivity index (χ0v) is 20.4. The van der Waals surface area contributed by atoms with Crippen LogP contribution in [-0.4, -0.2) is 46.2 Å². The summed E-state index contributed by atoms with van der Waals surface area (Å²) in [6.45, 7) is 4.13. The molecule has 180 valence electrons. The molecular formula is C26H28N6O2S. The van der Waals surface area contributed by atoms with Crippen LogP contribution in [0.2, 0.25) is 0 Å². The lowest BCUT2D eigenvalue weighted by Crippen LogP contribution is -2.35. The molecule has 2 aromatic heterocycles. The number of aromatic nitrogens is 3. The van der Waals surface area contributed by atoms with Crippen molar-refractivity contribution in [3.05, 3.63) is 65.8 Å². The molecule has 1 saturated heterocycles. The van der Waals surface area contributed by atoms with Gasteiger partial charge in [0, 0.05) is 37.3 Å². The van der Waals surface area contributed by atoms with Gasteiger partial charge in [-0.2, -0.15) is 5.10 Å². The van der Waals surface area contributed by atoms with Crippen molar-refractivity contribution in [1.82, 2.24) is 20.1 Å². The first-order valence-electron chi connectivity index (χ1n) is 11.9. The van der Waals surface area contributed by atoms with Crippen molar-refractivity contribution < 1.29 is 9.59 Å². The van der Waals surface area contributed by atoms with Gasteiger partial charge in [0.25, 0.3) is 5.91 Å². The van der Waals surface area contributed by atoms with Crippen molar-refractivity contribution in [2.75, 3.05) is 29.9 Å². The van der Waals surface area contributed by atoms with E-state index in [0.29, 0.717) is 16.7 Å². The van der Waals surface area contributed by atoms with E-state index in [9.17, 15) is 9.59 Å². The van der Waals surface area contributed by atoms with Crippen molar-refractivity contribution in [1.29, 1.82) is 0 Å². The molecule has 2 aromatic carbocycles. The maximum absolute atomic E-state index is 13.1. The van der Waals surface area contributed by atoms with Crippen molar-refractivity contribution in [2.45, 2.75) is 26.2 Å². The SMILES string of the molecule is CC(=O)NCCC1CCN(c2ccccc2NC(=O)c2csc(-n3ncc4ccccc43)n2)CC1. The molecule has 9 heteroatoms. The number of piperidine rings is 1. The fraction of sp³-hybridized carbons (Fsp3) is 0.308. The Hall–Kier alpha value is -3.72. The number of nitrogens with one attached hydrogen (secondary N) is 2. The van der Waals surface area contributed by atoms with Crippen LogP contribution in [0.4, 0.5) is 11.4 Å². The van der Waals surface area contributed by atoms with E-state index >= 15 is 0 Å². The van der Waals surface area contributed by atoms with Gasteiger partial charge in [0.2, 0.25) is 11.0 Å². The van der Waals surface area contributed by atoms with E-state index < -0.39 is 0 Å². The quantitative estimate of drug-likeness (QED) is 0.400. The number of nitrogens with zero attached hydrogens (tertiary/aromatic N) is 4. The summed E-state index contributed by atoms with van der Waals surface area (Å²) in [4.78, 5) is 31.1. The summed E-state index contributed by atoms with van der Waals surface area (Å²) < 4.78 is 1.76. The number of para-hydroxylation sites is 3. The number of thiazole rings is 1. The number of hydrogen-bond donors (Lipinski definition) is 2. The predicted octanol–water partition coefficient (Wildman–Crippen LogP) is 4.48. The lowest BCUT2D eigenvalue weighted by molar-refractivity contribution is -0.119. The molecule has 1 fully saturated rings. The number of anilines is 2. The van der Waals surface area contributed by atoms with Gasteiger partial charge >= 0.3 is 0 Å². The summed E-state index contributed by atoms with van der Waals surface area (Å²) in [6, 6.07) is 15.8. The third-order valence-electron chi connectivity index (χ3n) is 6.42. The van der Waals surface area contributed by atoms with Crippen molar-refractivity contribution in [3.8, 4) is 5.13 Å². The third-order valence-corrected chi connectivity index (χ3v) is 7.23. The third kappa shape index (κ3) is 5.19. The zero-order valence-electron chi connectivity index (χ0n) is 19.6. The van der Waals surface area contributed by atoms with Gasteiger partial charge < -0.3 is 15.5 Å². The van der Waals surface area contributed by atoms with Gasteiger partial charge in [-0.05, 0) is 43.4 Å². The van der Waals surface area contributed by atoms with E-state index in [1.165, 1.54) is 11.3 Å². The fourth-order valence-corrected chi connectivity index (χ4v) is 5.32. The van der Waals surface area contributed by atoms with Crippen LogP contribution in [0.5, 0.6) is 0 Å². The van der Waals surface area contributed by atoms with Crippen molar-refractivity contribution in [2.24, 2.45) is 5.92 Å². The molecule has 5 rings (SSSR count). The molecule has 0 unspecified atom stereocenters. The molecule has 0 radical (unpaired) electrons. The van der Waals surface area contributed by atoms with E-state index in [4.69, 9.17) is 0 Å². The molecule has 0 atom stereocenters. The van der Waals surface area contributed by atoms with Gasteiger partial charge in [-0.1, -0.05) is 30.3 Å². The first-order valence-corrected chi connectivity index (χ1v) is 12.7. The first kappa shape index (κ1) is 23.0. The number of rotatable bonds is 7. The lowest BCUT2D eigenvalue weighted by atomic mass is 9.93. The average Bonchev–Trinajstić information content (AvgIpc) is 3.52. The highest BCUT2D eigenvalue weighted by molar-refractivity contribution is 7.12. The van der Waals surface area contributed by atoms with E-state index in [1.807, 2.05) is 42.5 Å². The second-order valence-corrected chi connectivity index (χ2v) is 9.64. The number of carbonyl (C=O) groups excluding carboxylic acids is 2. The Bertz CT molecular complexity index is 1340. The van der Waals surface area contributed by atoms with Crippen LogP contribution < -0.4 is 15.5 Å². The van der Waals surface area contributed by atoms with Crippen molar-refractivity contribution in [3.63, 3.8) is 0 Å². The van der Waals surface area contributed by atoms with E-state index in [0.717, 1.165) is 61.2 Å². The standard InChI is InChI=1S/C26H28N6O2S/c1-18(33)27-13-10-19-11-14-31(15-12-19)24-9-5-3-7-21(24)29-25(34)22-17-35-26(30-22)32-23-8-4-2-6-20(23)16-28-32/h2-9,16-17,19H,10-15H2,1H3,(H,27,33)(H,29,34). The molecule has 0 saturated carbocycles. The normalized spacial score (nSPS) is 14.3. The Kier molecular flexibility index (Phi) is 6.76. The van der Waals surface area contributed by atoms with Crippen LogP contribution in [0.15, 0.2) is 60.1 Å². The van der Waals surface area contributed by atoms with Gasteiger partial charge in [-0.15, -0.1) is 11.3 Å². The second kappa shape index (κ2) is 10.3. The number of carbonyl (C=O) groups is 2. The maximum atomic E-state index is 13.1. The van der Waals surface area contributed by atoms with Gasteiger partial charge in [-0.3, -0.25) is 9.59 Å². The van der Waals surface area contributed by atoms with Crippen LogP contribution in [0.3, 0.4) is 0 Å². The largest absolute Gasteiger partial charge is 0.370 e. The Morgan fingerprint density at radius 2 is 1.86 bits per heavy atom. The molecular weight excluding hydrogens is 460 g/mol. The number of fused-ring (bicyclic) bond motifs is 1. The fourth-order valence-electron chi connectivity index (χ4n) is 4.55. The van der Waals surface area contributed by atoms with Gasteiger partial charge in [0.1, 0.15) is 5.69 Å². The minimum atomic E-state index is -0.235. The van der Waals surface area contributed by atoms with Crippen LogP contribution in [0, 0.1) is 5.92 Å². The molecule has 4 aromatic rings. The summed E-state index contributed by atoms with van der Waals surface area (Å²) in [6.07, 6.45) is 4.93. The minimum Gasteiger partial charge on any atom is -0.370 e. The molecule has 8 nitrogen and oxygen atoms in total. The van der Waals surface area contributed by atoms with Crippen LogP contribution in [-0.2, 0) is 4.79 Å². The molecule has 2 N–H and O–H groups in total. The minimum absolute atomic E-state index is 0.0253. The highest BCUT2D eigenvalue weighted by atomic mass is 32.1. The lowest BCUT2D eigenvalue weighted by Gasteiger charge is -2.34. The van der Waals surface area contributed by atoms with Gasteiger partial charge in [0.05, 0.1) is 23.1 Å². The molecule has 2 amide bonds. The molecule has 0 spiro atoms. The summed E-state index contributed by atoms with van der Waals surface area (Å²) in [5, 5.41) is 13.8. The molecule has 0 aliphatic carbocycles. The highest BCUT2D eigenvalue weighted by Crippen LogP contribution is 2.31. The highest BCUT2D eigenvalue weighted by Gasteiger charge is 2.22. The first-order chi connectivity index (χ1) is 17.1. The Morgan fingerprint density at radius 3 is 2.69 bits per heavy atom. The van der Waals surface area contributed by atoms with Gasteiger partial charge in [-0.25, -0.2) is 9.67 Å². The average molecular weight is 489 g/mol. The number of benzene rings is 2. The molecule has 0 bridgehead atoms. The summed E-state index contributed by atoms with van der Waals surface area (Å²) in [5.41, 5.74) is 3.14. The van der Waals surface area contributed by atoms with Gasteiger partial charge in [0.15, 0.2) is 0 Å². The smallest absolute Gasteiger partial charge is 0.275 e. The summed E-state index contributed by atoms with van der Waals surface area (Å²) in [5.74, 6) is 0.394. The van der Waals surface area contributed by atoms with E-state index in [1.54, 1.807) is 23.2 Å². The number of hydrogen-bond acceptors (Lipinski definition) is 6. The molecule has 3 heterocycles. The van der Waals surface area contributed by atoms with Crippen LogP contribution in [0.1, 0.15) is 36.7 Å². The topological polar surface area (TPSA) is 92.2 Å². The molecule has 1 aliphatic heterocycles. The molecule has 35 heavy (non-hydrogen) atoms. The predicted molar refractivity (Wildman–Crippen MR) is 139 cm³/mol. The Labute approximate surface area is 208 Å². The van der Waals surface area contributed by atoms with E-state index in [-0.39, 0.29) is 11.8 Å². The maximum Gasteiger partial charge on any atom is 0.275 e. The number of amides is 2. The Balaban J connectivity index is 1.25. The Morgan fingerprint density at radius 1 is 1.09 bits per heavy atom. The summed E-state index contributed by atoms with van der Waals surface area (Å²) in [7, 11) is 0. The van der Waals surface area contributed by atoms with Crippen LogP contribution in [0.25, 0.3) is 16.0 Å². The molecule has 1 aliphatic rings. The monoisotopic (exact) mass is 488 g/mol. The van der Waals surface area contributed by atoms with Crippen LogP contribution >= 0.6 is 11.3 Å². The second-order valence-electron chi connectivity index (χ2n) is 8.80.